The van der Waals surface area contributed by atoms with Crippen molar-refractivity contribution in [2.24, 2.45) is 0 Å². The van der Waals surface area contributed by atoms with Crippen molar-refractivity contribution in [1.82, 2.24) is 10.6 Å². The van der Waals surface area contributed by atoms with Crippen LogP contribution in [0.2, 0.25) is 0 Å². The Kier molecular flexibility index (Phi) is 5.11. The van der Waals surface area contributed by atoms with Gasteiger partial charge in [-0.3, -0.25) is 0 Å². The van der Waals surface area contributed by atoms with Gasteiger partial charge in [0.05, 0.1) is 0 Å². The smallest absolute Gasteiger partial charge is 0.0148 e. The van der Waals surface area contributed by atoms with E-state index in [1.807, 2.05) is 26.4 Å². The maximum Gasteiger partial charge on any atom is 0.0148 e. The zero-order valence-electron chi connectivity index (χ0n) is 4.86. The molecule has 0 aliphatic heterocycles. The van der Waals surface area contributed by atoms with Crippen molar-refractivity contribution >= 4 is 0 Å². The lowest BCUT2D eigenvalue weighted by Gasteiger charge is -1.86. The molecule has 0 heterocycles. The molecule has 0 aromatic heterocycles. The lowest BCUT2D eigenvalue weighted by atomic mass is 10.6. The van der Waals surface area contributed by atoms with Gasteiger partial charge in [-0.2, -0.15) is 0 Å². The first-order valence-corrected chi connectivity index (χ1v) is 2.38. The molecular weight excluding hydrogens is 88.1 g/mol. The van der Waals surface area contributed by atoms with Crippen LogP contribution in [0.4, 0.5) is 0 Å². The lowest BCUT2D eigenvalue weighted by molar-refractivity contribution is 0.910. The Hall–Kier alpha value is -0.500. The molecule has 0 unspecified atom stereocenters. The fourth-order valence-corrected chi connectivity index (χ4v) is 0.295. The van der Waals surface area contributed by atoms with E-state index >= 15 is 0 Å². The third-order valence-corrected chi connectivity index (χ3v) is 0.606. The van der Waals surface area contributed by atoms with Crippen LogP contribution >= 0.6 is 0 Å². The Bertz CT molecular complexity index is 50.0. The molecule has 0 bridgehead atoms. The average molecular weight is 100 g/mol. The molecule has 0 aliphatic rings. The molecular formula is C5H12N2. The summed E-state index contributed by atoms with van der Waals surface area (Å²) in [6.07, 6.45) is 3.91. The maximum atomic E-state index is 2.98. The molecule has 0 fully saturated rings. The van der Waals surface area contributed by atoms with Gasteiger partial charge >= 0.3 is 0 Å². The minimum absolute atomic E-state index is 0.931. The van der Waals surface area contributed by atoms with Gasteiger partial charge in [0, 0.05) is 13.6 Å². The molecule has 0 aromatic rings. The summed E-state index contributed by atoms with van der Waals surface area (Å²) in [5.74, 6) is 0. The van der Waals surface area contributed by atoms with Crippen molar-refractivity contribution in [3.05, 3.63) is 12.3 Å². The predicted molar refractivity (Wildman–Crippen MR) is 32.1 cm³/mol. The quantitative estimate of drug-likeness (QED) is 0.519. The normalized spacial score (nSPS) is 10.0. The Morgan fingerprint density at radius 2 is 2.14 bits per heavy atom. The molecule has 0 radical (unpaired) electrons. The van der Waals surface area contributed by atoms with E-state index in [1.54, 1.807) is 0 Å². The lowest BCUT2D eigenvalue weighted by Crippen LogP contribution is -2.05. The summed E-state index contributed by atoms with van der Waals surface area (Å²) in [5, 5.41) is 5.86. The first-order chi connectivity index (χ1) is 3.41. The fraction of sp³-hybridized carbons (Fsp3) is 0.600. The van der Waals surface area contributed by atoms with Crippen LogP contribution in [-0.4, -0.2) is 20.6 Å². The second-order valence-electron chi connectivity index (χ2n) is 1.25. The van der Waals surface area contributed by atoms with Gasteiger partial charge in [0.1, 0.15) is 0 Å². The minimum atomic E-state index is 0.931. The first kappa shape index (κ1) is 6.50. The molecule has 0 saturated carbocycles. The highest BCUT2D eigenvalue weighted by Crippen LogP contribution is 1.58. The Morgan fingerprint density at radius 3 is 2.57 bits per heavy atom. The van der Waals surface area contributed by atoms with Gasteiger partial charge in [-0.25, -0.2) is 0 Å². The highest BCUT2D eigenvalue weighted by molar-refractivity contribution is 4.78. The average Bonchev–Trinajstić information content (AvgIpc) is 1.69. The van der Waals surface area contributed by atoms with Gasteiger partial charge in [-0.15, -0.1) is 0 Å². The van der Waals surface area contributed by atoms with E-state index in [9.17, 15) is 0 Å². The molecule has 2 N–H and O–H groups in total. The van der Waals surface area contributed by atoms with Gasteiger partial charge in [0.25, 0.3) is 0 Å². The summed E-state index contributed by atoms with van der Waals surface area (Å²) in [4.78, 5) is 0. The van der Waals surface area contributed by atoms with Crippen LogP contribution < -0.4 is 10.6 Å². The molecule has 0 saturated heterocycles. The van der Waals surface area contributed by atoms with Crippen LogP contribution in [0.3, 0.4) is 0 Å². The molecule has 2 heteroatoms. The van der Waals surface area contributed by atoms with Crippen molar-refractivity contribution in [2.45, 2.75) is 0 Å². The van der Waals surface area contributed by atoms with E-state index in [1.165, 1.54) is 0 Å². The highest BCUT2D eigenvalue weighted by Gasteiger charge is 1.63. The van der Waals surface area contributed by atoms with Crippen LogP contribution in [0.1, 0.15) is 0 Å². The fourth-order valence-electron chi connectivity index (χ4n) is 0.295. The van der Waals surface area contributed by atoms with Crippen LogP contribution in [-0.2, 0) is 0 Å². The molecule has 2 nitrogen and oxygen atoms in total. The van der Waals surface area contributed by atoms with E-state index in [-0.39, 0.29) is 0 Å². The second kappa shape index (κ2) is 5.50. The third kappa shape index (κ3) is 5.50. The second-order valence-corrected chi connectivity index (χ2v) is 1.25. The topological polar surface area (TPSA) is 24.1 Å². The number of hydrogen-bond donors (Lipinski definition) is 2. The Balaban J connectivity index is 2.78. The van der Waals surface area contributed by atoms with Crippen LogP contribution in [0.15, 0.2) is 12.3 Å². The largest absolute Gasteiger partial charge is 0.394 e. The Labute approximate surface area is 44.6 Å². The summed E-state index contributed by atoms with van der Waals surface area (Å²) in [7, 11) is 3.80. The summed E-state index contributed by atoms with van der Waals surface area (Å²) in [6.45, 7) is 0.931. The molecule has 42 valence electrons. The van der Waals surface area contributed by atoms with E-state index in [0.29, 0.717) is 0 Å². The van der Waals surface area contributed by atoms with Crippen molar-refractivity contribution in [3.8, 4) is 0 Å². The molecule has 7 heavy (non-hydrogen) atoms. The molecule has 0 atom stereocenters. The predicted octanol–water partition coefficient (Wildman–Crippen LogP) is -0.0611. The SMILES string of the molecule is CNC=CCNC. The standard InChI is InChI=1S/C5H12N2/c1-6-4-3-5-7-2/h3-4,6-7H,5H2,1-2H3. The highest BCUT2D eigenvalue weighted by atomic mass is 14.8. The van der Waals surface area contributed by atoms with Crippen molar-refractivity contribution in [2.75, 3.05) is 20.6 Å². The Morgan fingerprint density at radius 1 is 1.43 bits per heavy atom. The van der Waals surface area contributed by atoms with Crippen LogP contribution in [0.25, 0.3) is 0 Å². The number of nitrogens with one attached hydrogen (secondary N) is 2. The number of rotatable bonds is 3. The van der Waals surface area contributed by atoms with E-state index in [0.717, 1.165) is 6.54 Å². The van der Waals surface area contributed by atoms with E-state index in [4.69, 9.17) is 0 Å². The number of likely N-dealkylation sites (N-methyl/N-ethyl adjacent to an activating group) is 1. The molecule has 0 spiro atoms. The maximum absolute atomic E-state index is 2.98. The van der Waals surface area contributed by atoms with Crippen molar-refractivity contribution in [1.29, 1.82) is 0 Å². The van der Waals surface area contributed by atoms with Crippen LogP contribution in [0.5, 0.6) is 0 Å². The first-order valence-electron chi connectivity index (χ1n) is 2.38. The summed E-state index contributed by atoms with van der Waals surface area (Å²) in [5.41, 5.74) is 0. The summed E-state index contributed by atoms with van der Waals surface area (Å²) >= 11 is 0. The van der Waals surface area contributed by atoms with Gasteiger partial charge in [-0.05, 0) is 13.2 Å². The minimum Gasteiger partial charge on any atom is -0.394 e. The monoisotopic (exact) mass is 100 g/mol. The molecule has 0 rings (SSSR count). The molecule has 0 amide bonds. The van der Waals surface area contributed by atoms with Gasteiger partial charge < -0.3 is 10.6 Å². The molecule has 0 aromatic carbocycles. The summed E-state index contributed by atoms with van der Waals surface area (Å²) < 4.78 is 0. The van der Waals surface area contributed by atoms with Crippen LogP contribution in [0, 0.1) is 0 Å². The number of hydrogen-bond acceptors (Lipinski definition) is 2. The zero-order valence-corrected chi connectivity index (χ0v) is 4.86. The van der Waals surface area contributed by atoms with Gasteiger partial charge in [0.15, 0.2) is 0 Å². The molecule has 0 aliphatic carbocycles. The van der Waals surface area contributed by atoms with Gasteiger partial charge in [0.2, 0.25) is 0 Å². The van der Waals surface area contributed by atoms with E-state index < -0.39 is 0 Å². The van der Waals surface area contributed by atoms with Crippen molar-refractivity contribution < 1.29 is 0 Å². The third-order valence-electron chi connectivity index (χ3n) is 0.606. The van der Waals surface area contributed by atoms with Gasteiger partial charge in [-0.1, -0.05) is 6.08 Å². The summed E-state index contributed by atoms with van der Waals surface area (Å²) in [6, 6.07) is 0. The van der Waals surface area contributed by atoms with E-state index in [2.05, 4.69) is 10.6 Å². The van der Waals surface area contributed by atoms with Crippen molar-refractivity contribution in [3.63, 3.8) is 0 Å². The zero-order chi connectivity index (χ0) is 5.54.